The molecule has 2 heterocycles. The van der Waals surface area contributed by atoms with Crippen LogP contribution in [0.3, 0.4) is 0 Å². The number of H-pyrrole nitrogens is 1. The van der Waals surface area contributed by atoms with E-state index in [1.165, 1.54) is 0 Å². The summed E-state index contributed by atoms with van der Waals surface area (Å²) in [5, 5.41) is 17.2. The molecule has 4 N–H and O–H groups in total. The summed E-state index contributed by atoms with van der Waals surface area (Å²) in [4.78, 5) is 29.2. The molecule has 1 fully saturated rings. The first-order valence-electron chi connectivity index (χ1n) is 12.9. The molecule has 3 aromatic rings. The van der Waals surface area contributed by atoms with E-state index >= 15 is 0 Å². The van der Waals surface area contributed by atoms with Gasteiger partial charge in [0.15, 0.2) is 0 Å². The molecule has 1 aliphatic heterocycles. The molecule has 0 spiro atoms. The predicted octanol–water partition coefficient (Wildman–Crippen LogP) is 3.31. The zero-order valence-electron chi connectivity index (χ0n) is 20.9. The first-order valence-corrected chi connectivity index (χ1v) is 14.1. The summed E-state index contributed by atoms with van der Waals surface area (Å²) >= 11 is 7.07. The van der Waals surface area contributed by atoms with E-state index in [9.17, 15) is 14.7 Å². The van der Waals surface area contributed by atoms with Crippen molar-refractivity contribution in [2.75, 3.05) is 45.9 Å². The summed E-state index contributed by atoms with van der Waals surface area (Å²) in [7, 11) is 0. The number of aromatic nitrogens is 1. The van der Waals surface area contributed by atoms with Crippen molar-refractivity contribution in [2.45, 2.75) is 38.1 Å². The van der Waals surface area contributed by atoms with Crippen LogP contribution in [0.15, 0.2) is 41.2 Å². The molecule has 0 atom stereocenters. The van der Waals surface area contributed by atoms with Crippen LogP contribution in [0.5, 0.6) is 5.75 Å². The molecule has 1 amide bonds. The number of nitrogens with one attached hydrogen (secondary N) is 3. The molecule has 8 nitrogen and oxygen atoms in total. The number of hydrogen-bond donors (Lipinski definition) is 4. The Balaban J connectivity index is 1.20. The lowest BCUT2D eigenvalue weighted by Gasteiger charge is -2.34. The number of benzene rings is 2. The molecule has 0 bridgehead atoms. The quantitative estimate of drug-likeness (QED) is 0.245. The van der Waals surface area contributed by atoms with Crippen LogP contribution in [-0.2, 0) is 22.4 Å². The largest absolute Gasteiger partial charge is 0.506 e. The molecule has 1 aromatic heterocycles. The highest BCUT2D eigenvalue weighted by atomic mass is 35.5. The number of amides is 1. The zero-order valence-corrected chi connectivity index (χ0v) is 22.5. The van der Waals surface area contributed by atoms with Crippen molar-refractivity contribution in [3.05, 3.63) is 62.2 Å². The zero-order chi connectivity index (χ0) is 26.0. The normalized spacial score (nSPS) is 14.4. The third-order valence-electron chi connectivity index (χ3n) is 6.77. The van der Waals surface area contributed by atoms with Crippen LogP contribution in [-0.4, -0.2) is 72.9 Å². The third kappa shape index (κ3) is 8.28. The standard InChI is InChI=1S/C27H35ClN4O4S/c28-21-4-1-19(2-5-21)7-13-30-24(34)9-15-32(22-10-17-36-18-11-22)16-14-29-12-8-20-3-6-23(33)25-26(20)37-27(35)31-25/h1-6,22,29,33H,7-18H2,(H,30,34)(H,31,35). The number of thiazole rings is 1. The van der Waals surface area contributed by atoms with E-state index in [1.807, 2.05) is 30.3 Å². The molecule has 4 rings (SSSR count). The molecule has 37 heavy (non-hydrogen) atoms. The number of aromatic amines is 1. The fourth-order valence-corrected chi connectivity index (χ4v) is 5.72. The molecular formula is C27H35ClN4O4S. The minimum absolute atomic E-state index is 0.0702. The molecule has 0 aliphatic carbocycles. The topological polar surface area (TPSA) is 107 Å². The van der Waals surface area contributed by atoms with Crippen LogP contribution in [0.1, 0.15) is 30.4 Å². The highest BCUT2D eigenvalue weighted by molar-refractivity contribution is 7.16. The van der Waals surface area contributed by atoms with E-state index < -0.39 is 0 Å². The Morgan fingerprint density at radius 1 is 1.08 bits per heavy atom. The van der Waals surface area contributed by atoms with Crippen LogP contribution in [0.2, 0.25) is 5.02 Å². The van der Waals surface area contributed by atoms with Gasteiger partial charge in [-0.15, -0.1) is 0 Å². The summed E-state index contributed by atoms with van der Waals surface area (Å²) in [6.07, 6.45) is 3.98. The van der Waals surface area contributed by atoms with Crippen molar-refractivity contribution in [1.29, 1.82) is 0 Å². The molecule has 0 radical (unpaired) electrons. The summed E-state index contributed by atoms with van der Waals surface area (Å²) < 4.78 is 6.36. The summed E-state index contributed by atoms with van der Waals surface area (Å²) in [6.45, 7) is 5.27. The van der Waals surface area contributed by atoms with Gasteiger partial charge in [0.1, 0.15) is 11.3 Å². The average Bonchev–Trinajstić information content (AvgIpc) is 3.31. The van der Waals surface area contributed by atoms with Gasteiger partial charge in [-0.2, -0.15) is 0 Å². The first-order chi connectivity index (χ1) is 18.0. The van der Waals surface area contributed by atoms with Crippen molar-refractivity contribution in [2.24, 2.45) is 0 Å². The molecule has 10 heteroatoms. The Hall–Kier alpha value is -2.43. The maximum Gasteiger partial charge on any atom is 0.305 e. The van der Waals surface area contributed by atoms with Gasteiger partial charge >= 0.3 is 4.87 Å². The SMILES string of the molecule is O=C(CCN(CCNCCc1ccc(O)c2[nH]c(=O)sc12)C1CCOCC1)NCCc1ccc(Cl)cc1. The van der Waals surface area contributed by atoms with Gasteiger partial charge in [0.05, 0.1) is 4.70 Å². The molecular weight excluding hydrogens is 512 g/mol. The average molecular weight is 547 g/mol. The third-order valence-corrected chi connectivity index (χ3v) is 7.98. The van der Waals surface area contributed by atoms with Gasteiger partial charge in [-0.1, -0.05) is 41.1 Å². The van der Waals surface area contributed by atoms with E-state index in [4.69, 9.17) is 16.3 Å². The lowest BCUT2D eigenvalue weighted by molar-refractivity contribution is -0.121. The Bertz CT molecular complexity index is 1210. The maximum absolute atomic E-state index is 12.5. The fraction of sp³-hybridized carbons (Fsp3) is 0.481. The predicted molar refractivity (Wildman–Crippen MR) is 149 cm³/mol. The van der Waals surface area contributed by atoms with Crippen molar-refractivity contribution in [3.8, 4) is 5.75 Å². The first kappa shape index (κ1) is 27.6. The van der Waals surface area contributed by atoms with Gasteiger partial charge in [0, 0.05) is 56.9 Å². The molecule has 2 aromatic carbocycles. The van der Waals surface area contributed by atoms with Crippen LogP contribution >= 0.6 is 22.9 Å². The number of fused-ring (bicyclic) bond motifs is 1. The van der Waals surface area contributed by atoms with Crippen molar-refractivity contribution < 1.29 is 14.6 Å². The minimum atomic E-state index is -0.160. The van der Waals surface area contributed by atoms with E-state index in [1.54, 1.807) is 6.07 Å². The Kier molecular flexibility index (Phi) is 10.4. The van der Waals surface area contributed by atoms with Crippen molar-refractivity contribution in [1.82, 2.24) is 20.5 Å². The Labute approximate surface area is 226 Å². The van der Waals surface area contributed by atoms with Gasteiger partial charge in [0.2, 0.25) is 5.91 Å². The number of phenolic OH excluding ortho intramolecular Hbond substituents is 1. The molecule has 200 valence electrons. The highest BCUT2D eigenvalue weighted by Crippen LogP contribution is 2.27. The van der Waals surface area contributed by atoms with Gasteiger partial charge in [-0.25, -0.2) is 0 Å². The molecule has 0 unspecified atom stereocenters. The second-order valence-corrected chi connectivity index (χ2v) is 10.7. The second kappa shape index (κ2) is 13.9. The molecule has 0 saturated carbocycles. The van der Waals surface area contributed by atoms with Crippen molar-refractivity contribution >= 4 is 39.1 Å². The van der Waals surface area contributed by atoms with Gasteiger partial charge in [-0.05, 0) is 61.6 Å². The van der Waals surface area contributed by atoms with E-state index in [0.717, 1.165) is 92.2 Å². The number of ether oxygens (including phenoxy) is 1. The highest BCUT2D eigenvalue weighted by Gasteiger charge is 2.21. The van der Waals surface area contributed by atoms with Crippen LogP contribution in [0.4, 0.5) is 0 Å². The Morgan fingerprint density at radius 3 is 2.65 bits per heavy atom. The molecule has 1 aliphatic rings. The smallest absolute Gasteiger partial charge is 0.305 e. The Morgan fingerprint density at radius 2 is 1.86 bits per heavy atom. The van der Waals surface area contributed by atoms with Crippen LogP contribution < -0.4 is 15.5 Å². The monoisotopic (exact) mass is 546 g/mol. The van der Waals surface area contributed by atoms with Crippen LogP contribution in [0, 0.1) is 0 Å². The van der Waals surface area contributed by atoms with Crippen molar-refractivity contribution in [3.63, 3.8) is 0 Å². The second-order valence-electron chi connectivity index (χ2n) is 9.32. The lowest BCUT2D eigenvalue weighted by atomic mass is 10.1. The van der Waals surface area contributed by atoms with E-state index in [2.05, 4.69) is 20.5 Å². The maximum atomic E-state index is 12.5. The van der Waals surface area contributed by atoms with Crippen LogP contribution in [0.25, 0.3) is 10.2 Å². The van der Waals surface area contributed by atoms with E-state index in [-0.39, 0.29) is 16.5 Å². The number of carbonyl (C=O) groups excluding carboxylic acids is 1. The number of halogens is 1. The summed E-state index contributed by atoms with van der Waals surface area (Å²) in [5.74, 6) is 0.173. The number of hydrogen-bond acceptors (Lipinski definition) is 7. The number of phenols is 1. The van der Waals surface area contributed by atoms with Gasteiger partial charge < -0.3 is 25.5 Å². The number of carbonyl (C=O) groups is 1. The summed E-state index contributed by atoms with van der Waals surface area (Å²) in [6, 6.07) is 11.6. The number of aromatic hydroxyl groups is 1. The van der Waals surface area contributed by atoms with E-state index in [0.29, 0.717) is 29.5 Å². The fourth-order valence-electron chi connectivity index (χ4n) is 4.70. The minimum Gasteiger partial charge on any atom is -0.506 e. The lowest BCUT2D eigenvalue weighted by Crippen LogP contribution is -2.44. The summed E-state index contributed by atoms with van der Waals surface area (Å²) in [5.41, 5.74) is 2.71. The number of nitrogens with zero attached hydrogens (tertiary/aromatic N) is 1. The molecule has 1 saturated heterocycles. The van der Waals surface area contributed by atoms with Gasteiger partial charge in [0.25, 0.3) is 0 Å². The van der Waals surface area contributed by atoms with Gasteiger partial charge in [-0.3, -0.25) is 14.5 Å². The number of rotatable bonds is 13.